The van der Waals surface area contributed by atoms with E-state index in [0.717, 1.165) is 33.9 Å². The molecular formula is C20H20BrClN2O6S5+2. The zero-order valence-corrected chi connectivity index (χ0v) is 24.4. The Balaban J connectivity index is 1.66. The molecule has 8 nitrogen and oxygen atoms in total. The van der Waals surface area contributed by atoms with Gasteiger partial charge in [0.25, 0.3) is 15.1 Å². The minimum atomic E-state index is -4.36. The molecule has 3 aromatic rings. The maximum absolute atomic E-state index is 12.5. The standard InChI is InChI=1S/C20H18BrClN2O6S5/c21-16-10-13-20(32-16)33-17(23(13)6-2-8-34(25,26)27)11-18-24(7-1-3-19(24)35(28,29)30)14-9-12(22)4-5-15(14)31-18/h4-5,9-11,19H,1-3,6-8H2/p+2. The van der Waals surface area contributed by atoms with Gasteiger partial charge in [-0.3, -0.25) is 9.11 Å². The maximum Gasteiger partial charge on any atom is 0.320 e. The molecule has 5 rings (SSSR count). The predicted octanol–water partition coefficient (Wildman–Crippen LogP) is 5.36. The molecular weight excluding hydrogens is 640 g/mol. The number of halogens is 2. The van der Waals surface area contributed by atoms with Gasteiger partial charge in [0.1, 0.15) is 0 Å². The Morgan fingerprint density at radius 3 is 2.69 bits per heavy atom. The van der Waals surface area contributed by atoms with Crippen molar-refractivity contribution in [3.63, 3.8) is 0 Å². The Hall–Kier alpha value is -0.550. The normalized spacial score (nSPS) is 23.7. The predicted molar refractivity (Wildman–Crippen MR) is 145 cm³/mol. The van der Waals surface area contributed by atoms with E-state index >= 15 is 0 Å². The lowest BCUT2D eigenvalue weighted by Gasteiger charge is -2.34. The van der Waals surface area contributed by atoms with Gasteiger partial charge in [-0.1, -0.05) is 22.9 Å². The third kappa shape index (κ3) is 4.87. The number of thiophene rings is 1. The smallest absolute Gasteiger partial charge is 0.286 e. The first-order valence-electron chi connectivity index (χ1n) is 10.5. The minimum absolute atomic E-state index is 0.0142. The van der Waals surface area contributed by atoms with Crippen molar-refractivity contribution in [1.82, 2.24) is 4.48 Å². The Bertz CT molecular complexity index is 1580. The zero-order chi connectivity index (χ0) is 25.2. The van der Waals surface area contributed by atoms with E-state index in [2.05, 4.69) is 15.9 Å². The summed E-state index contributed by atoms with van der Waals surface area (Å²) in [5, 5.41) is 1.04. The van der Waals surface area contributed by atoms with Crippen molar-refractivity contribution < 1.29 is 30.5 Å². The highest BCUT2D eigenvalue weighted by Crippen LogP contribution is 2.57. The fraction of sp³-hybridized carbons (Fsp3) is 0.350. The van der Waals surface area contributed by atoms with E-state index in [9.17, 15) is 25.9 Å². The Kier molecular flexibility index (Phi) is 6.95. The molecule has 1 saturated heterocycles. The molecule has 35 heavy (non-hydrogen) atoms. The van der Waals surface area contributed by atoms with Crippen molar-refractivity contribution in [2.45, 2.75) is 36.1 Å². The summed E-state index contributed by atoms with van der Waals surface area (Å²) >= 11 is 14.3. The first kappa shape index (κ1) is 26.1. The Labute approximate surface area is 228 Å². The van der Waals surface area contributed by atoms with E-state index in [1.807, 2.05) is 22.8 Å². The van der Waals surface area contributed by atoms with Crippen LogP contribution in [-0.2, 0) is 26.8 Å². The first-order chi connectivity index (χ1) is 16.4. The quantitative estimate of drug-likeness (QED) is 0.208. The first-order valence-corrected chi connectivity index (χ1v) is 17.2. The second-order valence-corrected chi connectivity index (χ2v) is 16.7. The van der Waals surface area contributed by atoms with Gasteiger partial charge >= 0.3 is 10.1 Å². The van der Waals surface area contributed by atoms with Crippen LogP contribution in [0.1, 0.15) is 24.3 Å². The maximum atomic E-state index is 12.5. The molecule has 2 aromatic heterocycles. The van der Waals surface area contributed by atoms with Crippen LogP contribution in [0.2, 0.25) is 5.02 Å². The number of thiazole rings is 1. The fourth-order valence-electron chi connectivity index (χ4n) is 4.85. The SMILES string of the molecule is O=S(=O)(O)CCC[n+]1c(C=C2Sc3ccc(Cl)cc3[N+]23CCCC3S(=O)(=O)O)sc2sc(Br)cc21. The molecule has 0 radical (unpaired) electrons. The highest BCUT2D eigenvalue weighted by Gasteiger charge is 2.58. The molecule has 2 N–H and O–H groups in total. The lowest BCUT2D eigenvalue weighted by atomic mass is 10.2. The molecule has 2 aliphatic heterocycles. The third-order valence-corrected chi connectivity index (χ3v) is 12.6. The van der Waals surface area contributed by atoms with Crippen LogP contribution >= 0.6 is 62.0 Å². The van der Waals surface area contributed by atoms with Gasteiger partial charge in [0.2, 0.25) is 10.9 Å². The summed E-state index contributed by atoms with van der Waals surface area (Å²) in [6.45, 7) is 0.859. The number of aromatic nitrogens is 1. The Morgan fingerprint density at radius 1 is 1.20 bits per heavy atom. The topological polar surface area (TPSA) is 113 Å². The molecule has 15 heteroatoms. The van der Waals surface area contributed by atoms with E-state index in [1.54, 1.807) is 23.5 Å². The van der Waals surface area contributed by atoms with Crippen molar-refractivity contribution in [1.29, 1.82) is 0 Å². The van der Waals surface area contributed by atoms with Crippen LogP contribution in [0.5, 0.6) is 0 Å². The van der Waals surface area contributed by atoms with E-state index in [4.69, 9.17) is 11.6 Å². The molecule has 0 aliphatic carbocycles. The van der Waals surface area contributed by atoms with Gasteiger partial charge in [-0.15, -0.1) is 11.3 Å². The van der Waals surface area contributed by atoms with Crippen molar-refractivity contribution in [2.24, 2.45) is 0 Å². The van der Waals surface area contributed by atoms with E-state index in [0.29, 0.717) is 31.0 Å². The number of hydrogen-bond acceptors (Lipinski definition) is 7. The third-order valence-electron chi connectivity index (χ3n) is 6.19. The van der Waals surface area contributed by atoms with Crippen LogP contribution in [0.3, 0.4) is 0 Å². The molecule has 1 spiro atoms. The summed E-state index contributed by atoms with van der Waals surface area (Å²) in [6, 6.07) is 7.37. The highest BCUT2D eigenvalue weighted by molar-refractivity contribution is 9.11. The molecule has 0 saturated carbocycles. The molecule has 1 fully saturated rings. The van der Waals surface area contributed by atoms with E-state index in [-0.39, 0.29) is 16.7 Å². The molecule has 0 amide bonds. The molecule has 0 bridgehead atoms. The molecule has 2 unspecified atom stereocenters. The van der Waals surface area contributed by atoms with Crippen LogP contribution < -0.4 is 9.05 Å². The number of nitrogens with zero attached hydrogens (tertiary/aromatic N) is 2. The van der Waals surface area contributed by atoms with Gasteiger partial charge < -0.3 is 0 Å². The molecule has 2 aliphatic rings. The summed E-state index contributed by atoms with van der Waals surface area (Å²) in [5.41, 5.74) is 1.69. The number of aryl methyl sites for hydroxylation is 1. The van der Waals surface area contributed by atoms with Crippen LogP contribution in [0.4, 0.5) is 5.69 Å². The molecule has 2 atom stereocenters. The summed E-state index contributed by atoms with van der Waals surface area (Å²) in [7, 11) is -8.45. The van der Waals surface area contributed by atoms with Crippen LogP contribution in [0, 0.1) is 0 Å². The van der Waals surface area contributed by atoms with E-state index in [1.165, 1.54) is 23.1 Å². The minimum Gasteiger partial charge on any atom is -0.286 e. The van der Waals surface area contributed by atoms with Gasteiger partial charge in [-0.2, -0.15) is 21.4 Å². The van der Waals surface area contributed by atoms with E-state index < -0.39 is 25.6 Å². The average molecular weight is 660 g/mol. The second kappa shape index (κ2) is 9.33. The number of fused-ring (bicyclic) bond motifs is 3. The number of hydrogen-bond donors (Lipinski definition) is 2. The second-order valence-electron chi connectivity index (χ2n) is 8.36. The van der Waals surface area contributed by atoms with Gasteiger partial charge in [0, 0.05) is 36.4 Å². The van der Waals surface area contributed by atoms with Crippen LogP contribution in [0.15, 0.2) is 38.0 Å². The monoisotopic (exact) mass is 658 g/mol. The zero-order valence-electron chi connectivity index (χ0n) is 17.9. The largest absolute Gasteiger partial charge is 0.320 e. The summed E-state index contributed by atoms with van der Waals surface area (Å²) in [6.07, 6.45) is 3.11. The van der Waals surface area contributed by atoms with Crippen LogP contribution in [-0.4, -0.2) is 43.6 Å². The van der Waals surface area contributed by atoms with Crippen molar-refractivity contribution >= 4 is 103 Å². The molecule has 1 aromatic carbocycles. The summed E-state index contributed by atoms with van der Waals surface area (Å²) in [5.74, 6) is -0.359. The van der Waals surface area contributed by atoms with Gasteiger partial charge in [-0.05, 0) is 39.8 Å². The fourth-order valence-corrected chi connectivity index (χ4v) is 11.5. The van der Waals surface area contributed by atoms with Gasteiger partial charge in [0.15, 0.2) is 21.3 Å². The Morgan fingerprint density at radius 2 is 1.97 bits per heavy atom. The average Bonchev–Trinajstić information content (AvgIpc) is 3.47. The number of benzene rings is 1. The molecule has 4 heterocycles. The highest BCUT2D eigenvalue weighted by atomic mass is 79.9. The summed E-state index contributed by atoms with van der Waals surface area (Å²) in [4.78, 5) is 0.884. The van der Waals surface area contributed by atoms with Crippen molar-refractivity contribution in [3.05, 3.63) is 43.1 Å². The number of thioether (sulfide) groups is 1. The van der Waals surface area contributed by atoms with Gasteiger partial charge in [-0.25, -0.2) is 4.48 Å². The number of quaternary nitrogens is 1. The number of rotatable bonds is 6. The van der Waals surface area contributed by atoms with Crippen molar-refractivity contribution in [3.8, 4) is 0 Å². The lowest BCUT2D eigenvalue weighted by molar-refractivity contribution is -0.668. The molecule has 188 valence electrons. The lowest BCUT2D eigenvalue weighted by Crippen LogP contribution is -2.53. The summed E-state index contributed by atoms with van der Waals surface area (Å²) < 4.78 is 70.9. The van der Waals surface area contributed by atoms with Crippen molar-refractivity contribution in [2.75, 3.05) is 12.3 Å². The van der Waals surface area contributed by atoms with Gasteiger partial charge in [0.05, 0.1) is 27.1 Å². The van der Waals surface area contributed by atoms with Crippen LogP contribution in [0.25, 0.3) is 15.6 Å².